The fraction of sp³-hybridized carbons (Fsp3) is 0.100. The molecular formula is C20H16ClN3O5. The summed E-state index contributed by atoms with van der Waals surface area (Å²) in [5.74, 6) is 0.906. The third-order valence-corrected chi connectivity index (χ3v) is 4.14. The zero-order valence-corrected chi connectivity index (χ0v) is 16.1. The van der Waals surface area contributed by atoms with Gasteiger partial charge in [-0.2, -0.15) is 5.10 Å². The number of nitrogens with one attached hydrogen (secondary N) is 1. The smallest absolute Gasteiger partial charge is 0.277 e. The van der Waals surface area contributed by atoms with Crippen molar-refractivity contribution in [2.45, 2.75) is 6.92 Å². The van der Waals surface area contributed by atoms with E-state index in [0.717, 1.165) is 5.56 Å². The summed E-state index contributed by atoms with van der Waals surface area (Å²) in [4.78, 5) is 22.3. The fourth-order valence-electron chi connectivity index (χ4n) is 2.44. The Hall–Kier alpha value is -3.65. The highest BCUT2D eigenvalue weighted by atomic mass is 35.5. The lowest BCUT2D eigenvalue weighted by Gasteiger charge is -2.04. The number of hydrazone groups is 1. The topological polar surface area (TPSA) is 107 Å². The molecule has 0 saturated heterocycles. The van der Waals surface area contributed by atoms with Crippen LogP contribution in [0.1, 0.15) is 11.3 Å². The number of rotatable bonds is 7. The predicted molar refractivity (Wildman–Crippen MR) is 108 cm³/mol. The first kappa shape index (κ1) is 20.1. The van der Waals surface area contributed by atoms with Crippen molar-refractivity contribution in [3.8, 4) is 17.1 Å². The van der Waals surface area contributed by atoms with Gasteiger partial charge in [0.1, 0.15) is 17.3 Å². The summed E-state index contributed by atoms with van der Waals surface area (Å²) in [7, 11) is 0. The molecule has 0 aliphatic heterocycles. The Bertz CT molecular complexity index is 1060. The molecule has 0 unspecified atom stereocenters. The number of aryl methyl sites for hydroxylation is 1. The lowest BCUT2D eigenvalue weighted by Crippen LogP contribution is -2.24. The van der Waals surface area contributed by atoms with Gasteiger partial charge in [0.15, 0.2) is 6.61 Å². The first-order valence-electron chi connectivity index (χ1n) is 8.48. The molecule has 1 N–H and O–H groups in total. The van der Waals surface area contributed by atoms with Crippen LogP contribution in [0.15, 0.2) is 64.1 Å². The second-order valence-corrected chi connectivity index (χ2v) is 6.43. The van der Waals surface area contributed by atoms with Gasteiger partial charge in [0.25, 0.3) is 11.6 Å². The van der Waals surface area contributed by atoms with E-state index in [2.05, 4.69) is 10.5 Å². The number of nitro groups is 1. The summed E-state index contributed by atoms with van der Waals surface area (Å²) in [5, 5.41) is 15.4. The molecule has 0 aliphatic rings. The van der Waals surface area contributed by atoms with E-state index >= 15 is 0 Å². The molecule has 3 rings (SSSR count). The average Bonchev–Trinajstić information content (AvgIpc) is 3.16. The Labute approximate surface area is 170 Å². The van der Waals surface area contributed by atoms with Crippen molar-refractivity contribution in [1.29, 1.82) is 0 Å². The second kappa shape index (κ2) is 9.03. The largest absolute Gasteiger partial charge is 0.484 e. The average molecular weight is 414 g/mol. The molecule has 0 radical (unpaired) electrons. The second-order valence-electron chi connectivity index (χ2n) is 5.99. The SMILES string of the molecule is Cc1ccc([N+](=O)[O-])cc1-c1ccc(/C=N\NC(=O)COc2ccc(Cl)cc2)o1. The van der Waals surface area contributed by atoms with Crippen LogP contribution in [-0.2, 0) is 4.79 Å². The summed E-state index contributed by atoms with van der Waals surface area (Å²) < 4.78 is 10.9. The molecule has 1 heterocycles. The van der Waals surface area contributed by atoms with E-state index in [1.807, 2.05) is 6.92 Å². The molecular weight excluding hydrogens is 398 g/mol. The molecule has 29 heavy (non-hydrogen) atoms. The highest BCUT2D eigenvalue weighted by molar-refractivity contribution is 6.30. The number of carbonyl (C=O) groups is 1. The molecule has 0 fully saturated rings. The number of hydrogen-bond acceptors (Lipinski definition) is 6. The van der Waals surface area contributed by atoms with Gasteiger partial charge in [-0.1, -0.05) is 17.7 Å². The molecule has 1 aromatic heterocycles. The van der Waals surface area contributed by atoms with Crippen LogP contribution in [0, 0.1) is 17.0 Å². The quantitative estimate of drug-likeness (QED) is 0.352. The van der Waals surface area contributed by atoms with Crippen molar-refractivity contribution < 1.29 is 18.9 Å². The van der Waals surface area contributed by atoms with Gasteiger partial charge in [0.2, 0.25) is 0 Å². The summed E-state index contributed by atoms with van der Waals surface area (Å²) >= 11 is 5.78. The maximum absolute atomic E-state index is 11.8. The number of halogens is 1. The molecule has 1 amide bonds. The summed E-state index contributed by atoms with van der Waals surface area (Å²) in [6.07, 6.45) is 1.33. The normalized spacial score (nSPS) is 10.8. The standard InChI is InChI=1S/C20H16ClN3O5/c1-13-2-5-15(24(26)27)10-18(13)19-9-8-17(29-19)11-22-23-20(25)12-28-16-6-3-14(21)4-7-16/h2-11H,12H2,1H3,(H,23,25)/b22-11-. The minimum Gasteiger partial charge on any atom is -0.484 e. The summed E-state index contributed by atoms with van der Waals surface area (Å²) in [6, 6.07) is 14.5. The number of non-ortho nitro benzene ring substituents is 1. The van der Waals surface area contributed by atoms with E-state index in [4.69, 9.17) is 20.8 Å². The van der Waals surface area contributed by atoms with E-state index in [-0.39, 0.29) is 12.3 Å². The van der Waals surface area contributed by atoms with Gasteiger partial charge in [-0.05, 0) is 48.9 Å². The van der Waals surface area contributed by atoms with Crippen LogP contribution in [-0.4, -0.2) is 23.7 Å². The number of nitro benzene ring substituents is 1. The zero-order chi connectivity index (χ0) is 20.8. The maximum Gasteiger partial charge on any atom is 0.277 e. The third-order valence-electron chi connectivity index (χ3n) is 3.89. The maximum atomic E-state index is 11.8. The molecule has 9 heteroatoms. The number of benzene rings is 2. The zero-order valence-electron chi connectivity index (χ0n) is 15.3. The minimum absolute atomic E-state index is 0.0230. The Kier molecular flexibility index (Phi) is 6.25. The van der Waals surface area contributed by atoms with Crippen molar-refractivity contribution in [3.63, 3.8) is 0 Å². The van der Waals surface area contributed by atoms with Crippen LogP contribution in [0.3, 0.4) is 0 Å². The minimum atomic E-state index is -0.462. The van der Waals surface area contributed by atoms with E-state index < -0.39 is 10.8 Å². The molecule has 3 aromatic rings. The van der Waals surface area contributed by atoms with Crippen LogP contribution in [0.2, 0.25) is 5.02 Å². The number of nitrogens with zero attached hydrogens (tertiary/aromatic N) is 2. The Morgan fingerprint density at radius 2 is 2.00 bits per heavy atom. The Balaban J connectivity index is 1.58. The number of hydrogen-bond donors (Lipinski definition) is 1. The number of amides is 1. The molecule has 0 saturated carbocycles. The molecule has 148 valence electrons. The summed E-state index contributed by atoms with van der Waals surface area (Å²) in [5.41, 5.74) is 3.75. The monoisotopic (exact) mass is 413 g/mol. The van der Waals surface area contributed by atoms with E-state index in [0.29, 0.717) is 27.9 Å². The lowest BCUT2D eigenvalue weighted by atomic mass is 10.1. The van der Waals surface area contributed by atoms with Crippen LogP contribution < -0.4 is 10.2 Å². The molecule has 0 atom stereocenters. The Morgan fingerprint density at radius 1 is 1.24 bits per heavy atom. The van der Waals surface area contributed by atoms with Crippen LogP contribution in [0.4, 0.5) is 5.69 Å². The predicted octanol–water partition coefficient (Wildman–Crippen LogP) is 4.35. The number of ether oxygens (including phenoxy) is 1. The van der Waals surface area contributed by atoms with Crippen LogP contribution in [0.25, 0.3) is 11.3 Å². The van der Waals surface area contributed by atoms with E-state index in [1.165, 1.54) is 18.3 Å². The molecule has 0 aliphatic carbocycles. The molecule has 0 bridgehead atoms. The summed E-state index contributed by atoms with van der Waals surface area (Å²) in [6.45, 7) is 1.62. The van der Waals surface area contributed by atoms with E-state index in [9.17, 15) is 14.9 Å². The fourth-order valence-corrected chi connectivity index (χ4v) is 2.56. The highest BCUT2D eigenvalue weighted by Crippen LogP contribution is 2.28. The van der Waals surface area contributed by atoms with Crippen molar-refractivity contribution in [2.24, 2.45) is 5.10 Å². The van der Waals surface area contributed by atoms with Crippen molar-refractivity contribution in [2.75, 3.05) is 6.61 Å². The van der Waals surface area contributed by atoms with Gasteiger partial charge in [0.05, 0.1) is 11.1 Å². The van der Waals surface area contributed by atoms with Crippen molar-refractivity contribution >= 4 is 29.4 Å². The molecule has 8 nitrogen and oxygen atoms in total. The van der Waals surface area contributed by atoms with Gasteiger partial charge >= 0.3 is 0 Å². The highest BCUT2D eigenvalue weighted by Gasteiger charge is 2.13. The van der Waals surface area contributed by atoms with Gasteiger partial charge < -0.3 is 9.15 Å². The van der Waals surface area contributed by atoms with Gasteiger partial charge in [-0.15, -0.1) is 0 Å². The first-order valence-corrected chi connectivity index (χ1v) is 8.85. The van der Waals surface area contributed by atoms with Crippen molar-refractivity contribution in [1.82, 2.24) is 5.43 Å². The van der Waals surface area contributed by atoms with Gasteiger partial charge in [-0.25, -0.2) is 5.43 Å². The van der Waals surface area contributed by atoms with Gasteiger partial charge in [-0.3, -0.25) is 14.9 Å². The van der Waals surface area contributed by atoms with E-state index in [1.54, 1.807) is 42.5 Å². The number of carbonyl (C=O) groups excluding carboxylic acids is 1. The lowest BCUT2D eigenvalue weighted by molar-refractivity contribution is -0.384. The first-order chi connectivity index (χ1) is 13.9. The Morgan fingerprint density at radius 3 is 2.72 bits per heavy atom. The van der Waals surface area contributed by atoms with Crippen molar-refractivity contribution in [3.05, 3.63) is 81.1 Å². The van der Waals surface area contributed by atoms with Crippen LogP contribution in [0.5, 0.6) is 5.75 Å². The molecule has 2 aromatic carbocycles. The molecule has 0 spiro atoms. The third kappa shape index (κ3) is 5.43. The number of furan rings is 1. The van der Waals surface area contributed by atoms with Crippen LogP contribution >= 0.6 is 11.6 Å². The van der Waals surface area contributed by atoms with Gasteiger partial charge in [0, 0.05) is 22.7 Å².